The molecule has 0 heterocycles. The number of anilines is 1. The third-order valence-electron chi connectivity index (χ3n) is 6.23. The number of nitrogens with one attached hydrogen (secondary N) is 1. The summed E-state index contributed by atoms with van der Waals surface area (Å²) in [6, 6.07) is 20.1. The number of carbonyl (C=O) groups excluding carboxylic acids is 2. The Bertz CT molecular complexity index is 1350. The fraction of sp³-hybridized carbons (Fsp3) is 0.286. The normalized spacial score (nSPS) is 12.0. The predicted octanol–water partition coefficient (Wildman–Crippen LogP) is 4.36. The monoisotopic (exact) mass is 541 g/mol. The summed E-state index contributed by atoms with van der Waals surface area (Å²) in [5, 5.41) is 2.92. The van der Waals surface area contributed by atoms with Crippen LogP contribution in [-0.4, -0.2) is 51.3 Å². The first-order valence-corrected chi connectivity index (χ1v) is 13.8. The van der Waals surface area contributed by atoms with Gasteiger partial charge in [0.05, 0.1) is 10.6 Å². The Kier molecular flexibility index (Phi) is 9.34. The number of nitrogens with zero attached hydrogens (tertiary/aromatic N) is 2. The quantitative estimate of drug-likeness (QED) is 0.413. The third kappa shape index (κ3) is 6.90. The molecule has 0 saturated carbocycles. The van der Waals surface area contributed by atoms with Gasteiger partial charge in [-0.3, -0.25) is 13.9 Å². The molecule has 0 aliphatic carbocycles. The van der Waals surface area contributed by atoms with Gasteiger partial charge in [0.25, 0.3) is 10.0 Å². The molecular weight excluding hydrogens is 510 g/mol. The number of hydrogen-bond acceptors (Lipinski definition) is 4. The highest BCUT2D eigenvalue weighted by molar-refractivity contribution is 7.92. The van der Waals surface area contributed by atoms with E-state index in [1.54, 1.807) is 38.1 Å². The van der Waals surface area contributed by atoms with Gasteiger partial charge in [-0.05, 0) is 62.6 Å². The van der Waals surface area contributed by atoms with Crippen molar-refractivity contribution in [3.63, 3.8) is 0 Å². The third-order valence-corrected chi connectivity index (χ3v) is 8.23. The molecule has 0 aromatic heterocycles. The van der Waals surface area contributed by atoms with E-state index in [4.69, 9.17) is 11.6 Å². The molecule has 2 amide bonds. The molecule has 0 radical (unpaired) electrons. The second-order valence-electron chi connectivity index (χ2n) is 8.87. The standard InChI is InChI=1S/C28H32ClN3O4S/c1-20-10-14-25(15-11-20)37(35,36)32(26-18-24(29)13-12-21(26)2)19-27(33)31(22(3)28(34)30-4)17-16-23-8-6-5-7-9-23/h5-15,18,22H,16-17,19H2,1-4H3,(H,30,34). The Balaban J connectivity index is 2.02. The van der Waals surface area contributed by atoms with E-state index in [0.717, 1.165) is 15.4 Å². The van der Waals surface area contributed by atoms with Gasteiger partial charge in [0.1, 0.15) is 12.6 Å². The summed E-state index contributed by atoms with van der Waals surface area (Å²) >= 11 is 6.24. The molecule has 0 fully saturated rings. The van der Waals surface area contributed by atoms with E-state index in [1.807, 2.05) is 37.3 Å². The summed E-state index contributed by atoms with van der Waals surface area (Å²) in [6.07, 6.45) is 0.509. The number of hydrogen-bond donors (Lipinski definition) is 1. The molecule has 1 N–H and O–H groups in total. The van der Waals surface area contributed by atoms with E-state index < -0.39 is 28.5 Å². The van der Waals surface area contributed by atoms with Crippen LogP contribution in [-0.2, 0) is 26.0 Å². The lowest BCUT2D eigenvalue weighted by molar-refractivity contribution is -0.138. The summed E-state index contributed by atoms with van der Waals surface area (Å²) in [5.74, 6) is -0.838. The van der Waals surface area contributed by atoms with Crippen LogP contribution >= 0.6 is 11.6 Å². The second kappa shape index (κ2) is 12.3. The molecule has 7 nitrogen and oxygen atoms in total. The van der Waals surface area contributed by atoms with Crippen molar-refractivity contribution in [2.24, 2.45) is 0 Å². The van der Waals surface area contributed by atoms with Crippen LogP contribution in [0.4, 0.5) is 5.69 Å². The molecule has 9 heteroatoms. The van der Waals surface area contributed by atoms with Crippen LogP contribution in [0.2, 0.25) is 5.02 Å². The fourth-order valence-corrected chi connectivity index (χ4v) is 5.62. The summed E-state index contributed by atoms with van der Waals surface area (Å²) in [4.78, 5) is 27.7. The molecular formula is C28H32ClN3O4S. The minimum atomic E-state index is -4.13. The lowest BCUT2D eigenvalue weighted by Crippen LogP contribution is -2.51. The smallest absolute Gasteiger partial charge is 0.264 e. The van der Waals surface area contributed by atoms with Crippen molar-refractivity contribution in [2.75, 3.05) is 24.4 Å². The Labute approximate surface area is 224 Å². The van der Waals surface area contributed by atoms with Gasteiger partial charge in [-0.1, -0.05) is 65.7 Å². The largest absolute Gasteiger partial charge is 0.357 e. The molecule has 3 rings (SSSR count). The SMILES string of the molecule is CNC(=O)C(C)N(CCc1ccccc1)C(=O)CN(c1cc(Cl)ccc1C)S(=O)(=O)c1ccc(C)cc1. The zero-order valence-corrected chi connectivity index (χ0v) is 23.0. The molecule has 0 spiro atoms. The fourth-order valence-electron chi connectivity index (χ4n) is 3.98. The van der Waals surface area contributed by atoms with Gasteiger partial charge in [-0.2, -0.15) is 0 Å². The van der Waals surface area contributed by atoms with Crippen LogP contribution in [0.5, 0.6) is 0 Å². The second-order valence-corrected chi connectivity index (χ2v) is 11.2. The number of carbonyl (C=O) groups is 2. The van der Waals surface area contributed by atoms with E-state index >= 15 is 0 Å². The number of aryl methyl sites for hydroxylation is 2. The van der Waals surface area contributed by atoms with Crippen LogP contribution in [0.25, 0.3) is 0 Å². The Morgan fingerprint density at radius 3 is 2.24 bits per heavy atom. The topological polar surface area (TPSA) is 86.8 Å². The maximum absolute atomic E-state index is 13.8. The zero-order chi connectivity index (χ0) is 27.2. The van der Waals surface area contributed by atoms with E-state index in [2.05, 4.69) is 5.32 Å². The average Bonchev–Trinajstić information content (AvgIpc) is 2.89. The molecule has 0 bridgehead atoms. The van der Waals surface area contributed by atoms with Gasteiger partial charge < -0.3 is 10.2 Å². The minimum absolute atomic E-state index is 0.0560. The number of amides is 2. The minimum Gasteiger partial charge on any atom is -0.357 e. The maximum Gasteiger partial charge on any atom is 0.264 e. The molecule has 3 aromatic rings. The summed E-state index contributed by atoms with van der Waals surface area (Å²) in [5.41, 5.74) is 2.85. The van der Waals surface area contributed by atoms with Crippen LogP contribution in [0.1, 0.15) is 23.6 Å². The van der Waals surface area contributed by atoms with Crippen LogP contribution in [0, 0.1) is 13.8 Å². The van der Waals surface area contributed by atoms with E-state index in [1.165, 1.54) is 30.1 Å². The molecule has 1 atom stereocenters. The first-order valence-electron chi connectivity index (χ1n) is 11.9. The number of rotatable bonds is 10. The van der Waals surface area contributed by atoms with E-state index in [0.29, 0.717) is 22.7 Å². The molecule has 196 valence electrons. The van der Waals surface area contributed by atoms with Crippen LogP contribution in [0.3, 0.4) is 0 Å². The van der Waals surface area contributed by atoms with E-state index in [-0.39, 0.29) is 17.3 Å². The number of likely N-dealkylation sites (N-methyl/N-ethyl adjacent to an activating group) is 1. The molecule has 37 heavy (non-hydrogen) atoms. The van der Waals surface area contributed by atoms with Crippen molar-refractivity contribution in [1.29, 1.82) is 0 Å². The van der Waals surface area contributed by atoms with Crippen molar-refractivity contribution < 1.29 is 18.0 Å². The van der Waals surface area contributed by atoms with Crippen LogP contribution in [0.15, 0.2) is 77.7 Å². The predicted molar refractivity (Wildman–Crippen MR) is 147 cm³/mol. The van der Waals surface area contributed by atoms with Gasteiger partial charge in [0.15, 0.2) is 0 Å². The molecule has 0 saturated heterocycles. The average molecular weight is 542 g/mol. The number of sulfonamides is 1. The number of benzene rings is 3. The maximum atomic E-state index is 13.8. The lowest BCUT2D eigenvalue weighted by Gasteiger charge is -2.32. The van der Waals surface area contributed by atoms with Gasteiger partial charge in [0, 0.05) is 18.6 Å². The van der Waals surface area contributed by atoms with Gasteiger partial charge in [-0.15, -0.1) is 0 Å². The van der Waals surface area contributed by atoms with Crippen molar-refractivity contribution in [3.8, 4) is 0 Å². The highest BCUT2D eigenvalue weighted by Crippen LogP contribution is 2.30. The molecule has 1 unspecified atom stereocenters. The highest BCUT2D eigenvalue weighted by Gasteiger charge is 2.32. The summed E-state index contributed by atoms with van der Waals surface area (Å²) in [6.45, 7) is 5.00. The first kappa shape index (κ1) is 28.2. The van der Waals surface area contributed by atoms with Crippen molar-refractivity contribution in [1.82, 2.24) is 10.2 Å². The Morgan fingerprint density at radius 1 is 0.973 bits per heavy atom. The number of halogens is 1. The Hall–Kier alpha value is -3.36. The highest BCUT2D eigenvalue weighted by atomic mass is 35.5. The van der Waals surface area contributed by atoms with Crippen molar-refractivity contribution >= 4 is 39.1 Å². The first-order chi connectivity index (χ1) is 17.5. The molecule has 0 aliphatic rings. The van der Waals surface area contributed by atoms with Crippen molar-refractivity contribution in [3.05, 3.63) is 94.5 Å². The molecule has 0 aliphatic heterocycles. The van der Waals surface area contributed by atoms with Crippen LogP contribution < -0.4 is 9.62 Å². The van der Waals surface area contributed by atoms with Gasteiger partial charge >= 0.3 is 0 Å². The van der Waals surface area contributed by atoms with Gasteiger partial charge in [0.2, 0.25) is 11.8 Å². The zero-order valence-electron chi connectivity index (χ0n) is 21.4. The van der Waals surface area contributed by atoms with E-state index in [9.17, 15) is 18.0 Å². The Morgan fingerprint density at radius 2 is 1.62 bits per heavy atom. The van der Waals surface area contributed by atoms with Crippen molar-refractivity contribution in [2.45, 2.75) is 38.1 Å². The summed E-state index contributed by atoms with van der Waals surface area (Å²) < 4.78 is 28.8. The summed E-state index contributed by atoms with van der Waals surface area (Å²) in [7, 11) is -2.63. The lowest BCUT2D eigenvalue weighted by atomic mass is 10.1. The van der Waals surface area contributed by atoms with Gasteiger partial charge in [-0.25, -0.2) is 8.42 Å². The molecule has 3 aromatic carbocycles.